The minimum atomic E-state index is -0.152. The zero-order valence-corrected chi connectivity index (χ0v) is 15.8. The van der Waals surface area contributed by atoms with Gasteiger partial charge in [-0.2, -0.15) is 0 Å². The molecule has 0 bridgehead atoms. The molecule has 1 amide bonds. The number of thiophene rings is 1. The van der Waals surface area contributed by atoms with Crippen LogP contribution in [0.1, 0.15) is 29.8 Å². The number of rotatable bonds is 5. The monoisotopic (exact) mass is 372 g/mol. The number of hydrogen-bond acceptors (Lipinski definition) is 5. The van der Waals surface area contributed by atoms with E-state index in [1.165, 1.54) is 10.4 Å². The Morgan fingerprint density at radius 3 is 3.00 bits per heavy atom. The average molecular weight is 372 g/mol. The van der Waals surface area contributed by atoms with Crippen LogP contribution in [0.3, 0.4) is 0 Å². The standard InChI is InChI=1S/C20H24N2O3S/c1-2-16-15-8-10-26-19(15)7-9-22(16)12-20(23)21-11-14-13-24-17-5-3-4-6-18(17)25-14/h3-6,8,10,14,16H,2,7,9,11-13H2,1H3,(H,21,23). The second kappa shape index (κ2) is 7.68. The molecular formula is C20H24N2O3S. The molecular weight excluding hydrogens is 348 g/mol. The molecule has 0 radical (unpaired) electrons. The van der Waals surface area contributed by atoms with Crippen LogP contribution in [0.2, 0.25) is 0 Å². The van der Waals surface area contributed by atoms with Gasteiger partial charge in [0.25, 0.3) is 0 Å². The minimum Gasteiger partial charge on any atom is -0.486 e. The second-order valence-electron chi connectivity index (χ2n) is 6.75. The SMILES string of the molecule is CCC1c2ccsc2CCN1CC(=O)NCC1COc2ccccc2O1. The molecule has 4 rings (SSSR count). The summed E-state index contributed by atoms with van der Waals surface area (Å²) in [5.41, 5.74) is 1.40. The normalized spacial score (nSPS) is 21.9. The van der Waals surface area contributed by atoms with Crippen molar-refractivity contribution in [2.24, 2.45) is 0 Å². The Hall–Kier alpha value is -2.05. The van der Waals surface area contributed by atoms with Crippen molar-refractivity contribution in [3.8, 4) is 11.5 Å². The molecule has 1 N–H and O–H groups in total. The lowest BCUT2D eigenvalue weighted by atomic mass is 9.98. The van der Waals surface area contributed by atoms with Crippen LogP contribution in [0.5, 0.6) is 11.5 Å². The van der Waals surface area contributed by atoms with Gasteiger partial charge in [0.1, 0.15) is 12.7 Å². The lowest BCUT2D eigenvalue weighted by Gasteiger charge is -2.35. The molecule has 5 nitrogen and oxygen atoms in total. The summed E-state index contributed by atoms with van der Waals surface area (Å²) in [6.07, 6.45) is 1.90. The summed E-state index contributed by atoms with van der Waals surface area (Å²) in [7, 11) is 0. The van der Waals surface area contributed by atoms with Crippen LogP contribution >= 0.6 is 11.3 Å². The van der Waals surface area contributed by atoms with Crippen LogP contribution in [0.15, 0.2) is 35.7 Å². The Morgan fingerprint density at radius 1 is 1.31 bits per heavy atom. The molecule has 2 aliphatic rings. The largest absolute Gasteiger partial charge is 0.486 e. The number of nitrogens with zero attached hydrogens (tertiary/aromatic N) is 1. The third-order valence-corrected chi connectivity index (χ3v) is 6.03. The smallest absolute Gasteiger partial charge is 0.234 e. The molecule has 1 aromatic heterocycles. The van der Waals surface area contributed by atoms with Crippen LogP contribution in [0.25, 0.3) is 0 Å². The maximum atomic E-state index is 12.5. The van der Waals surface area contributed by atoms with Crippen molar-refractivity contribution >= 4 is 17.2 Å². The highest BCUT2D eigenvalue weighted by atomic mass is 32.1. The van der Waals surface area contributed by atoms with Gasteiger partial charge >= 0.3 is 0 Å². The summed E-state index contributed by atoms with van der Waals surface area (Å²) in [5, 5.41) is 5.17. The minimum absolute atomic E-state index is 0.0459. The van der Waals surface area contributed by atoms with Gasteiger partial charge in [0.2, 0.25) is 5.91 Å². The van der Waals surface area contributed by atoms with Gasteiger partial charge in [-0.3, -0.25) is 9.69 Å². The van der Waals surface area contributed by atoms with E-state index in [-0.39, 0.29) is 12.0 Å². The highest BCUT2D eigenvalue weighted by molar-refractivity contribution is 7.10. The third kappa shape index (κ3) is 3.57. The van der Waals surface area contributed by atoms with Crippen molar-refractivity contribution in [1.82, 2.24) is 10.2 Å². The Kier molecular flexibility index (Phi) is 5.13. The quantitative estimate of drug-likeness (QED) is 0.877. The zero-order valence-electron chi connectivity index (χ0n) is 14.9. The van der Waals surface area contributed by atoms with Gasteiger partial charge in [-0.25, -0.2) is 0 Å². The predicted molar refractivity (Wildman–Crippen MR) is 102 cm³/mol. The summed E-state index contributed by atoms with van der Waals surface area (Å²) in [6.45, 7) is 4.47. The lowest BCUT2D eigenvalue weighted by molar-refractivity contribution is -0.123. The van der Waals surface area contributed by atoms with Crippen LogP contribution < -0.4 is 14.8 Å². The number of ether oxygens (including phenoxy) is 2. The van der Waals surface area contributed by atoms with Gasteiger partial charge in [0.15, 0.2) is 11.5 Å². The van der Waals surface area contributed by atoms with Crippen LogP contribution in [0.4, 0.5) is 0 Å². The number of carbonyl (C=O) groups excluding carboxylic acids is 1. The van der Waals surface area contributed by atoms with Crippen molar-refractivity contribution in [2.45, 2.75) is 31.9 Å². The van der Waals surface area contributed by atoms with E-state index in [2.05, 4.69) is 28.6 Å². The summed E-state index contributed by atoms with van der Waals surface area (Å²) >= 11 is 1.83. The summed E-state index contributed by atoms with van der Waals surface area (Å²) in [5.74, 6) is 1.55. The molecule has 0 saturated carbocycles. The Labute approximate surface area is 157 Å². The van der Waals surface area contributed by atoms with E-state index in [9.17, 15) is 4.79 Å². The zero-order chi connectivity index (χ0) is 17.9. The molecule has 0 fully saturated rings. The van der Waals surface area contributed by atoms with Gasteiger partial charge in [-0.15, -0.1) is 11.3 Å². The van der Waals surface area contributed by atoms with Crippen molar-refractivity contribution in [1.29, 1.82) is 0 Å². The Balaban J connectivity index is 1.30. The summed E-state index contributed by atoms with van der Waals surface area (Å²) in [4.78, 5) is 16.2. The third-order valence-electron chi connectivity index (χ3n) is 5.03. The van der Waals surface area contributed by atoms with Crippen molar-refractivity contribution in [2.75, 3.05) is 26.2 Å². The summed E-state index contributed by atoms with van der Waals surface area (Å²) < 4.78 is 11.6. The van der Waals surface area contributed by atoms with Crippen molar-refractivity contribution in [3.63, 3.8) is 0 Å². The number of nitrogens with one attached hydrogen (secondary N) is 1. The number of fused-ring (bicyclic) bond motifs is 2. The molecule has 26 heavy (non-hydrogen) atoms. The molecule has 2 unspecified atom stereocenters. The Morgan fingerprint density at radius 2 is 2.15 bits per heavy atom. The fourth-order valence-electron chi connectivity index (χ4n) is 3.75. The highest BCUT2D eigenvalue weighted by Crippen LogP contribution is 2.35. The first-order chi connectivity index (χ1) is 12.7. The lowest BCUT2D eigenvalue weighted by Crippen LogP contribution is -2.46. The van der Waals surface area contributed by atoms with Crippen LogP contribution in [0, 0.1) is 0 Å². The van der Waals surface area contributed by atoms with Gasteiger partial charge in [-0.1, -0.05) is 19.1 Å². The van der Waals surface area contributed by atoms with Crippen molar-refractivity contribution < 1.29 is 14.3 Å². The van der Waals surface area contributed by atoms with Crippen LogP contribution in [-0.2, 0) is 11.2 Å². The topological polar surface area (TPSA) is 50.8 Å². The van der Waals surface area contributed by atoms with E-state index in [0.29, 0.717) is 25.7 Å². The molecule has 0 spiro atoms. The van der Waals surface area contributed by atoms with E-state index in [4.69, 9.17) is 9.47 Å². The van der Waals surface area contributed by atoms with Crippen LogP contribution in [-0.4, -0.2) is 43.2 Å². The van der Waals surface area contributed by atoms with E-state index < -0.39 is 0 Å². The van der Waals surface area contributed by atoms with Gasteiger partial charge in [-0.05, 0) is 42.0 Å². The van der Waals surface area contributed by atoms with E-state index in [1.54, 1.807) is 0 Å². The molecule has 2 aliphatic heterocycles. The predicted octanol–water partition coefficient (Wildman–Crippen LogP) is 3.01. The number of para-hydroxylation sites is 2. The number of hydrogen-bond donors (Lipinski definition) is 1. The maximum Gasteiger partial charge on any atom is 0.234 e. The van der Waals surface area contributed by atoms with Gasteiger partial charge in [0, 0.05) is 17.5 Å². The van der Waals surface area contributed by atoms with Crippen molar-refractivity contribution in [3.05, 3.63) is 46.2 Å². The van der Waals surface area contributed by atoms with E-state index >= 15 is 0 Å². The second-order valence-corrected chi connectivity index (χ2v) is 7.75. The summed E-state index contributed by atoms with van der Waals surface area (Å²) in [6, 6.07) is 10.2. The first kappa shape index (κ1) is 17.4. The van der Waals surface area contributed by atoms with Gasteiger partial charge < -0.3 is 14.8 Å². The molecule has 1 aromatic carbocycles. The molecule has 2 aromatic rings. The first-order valence-electron chi connectivity index (χ1n) is 9.20. The molecule has 3 heterocycles. The molecule has 6 heteroatoms. The van der Waals surface area contributed by atoms with E-state index in [1.807, 2.05) is 35.6 Å². The fraction of sp³-hybridized carbons (Fsp3) is 0.450. The van der Waals surface area contributed by atoms with E-state index in [0.717, 1.165) is 30.9 Å². The first-order valence-corrected chi connectivity index (χ1v) is 10.1. The molecule has 0 saturated heterocycles. The Bertz CT molecular complexity index is 776. The average Bonchev–Trinajstić information content (AvgIpc) is 3.15. The molecule has 2 atom stereocenters. The number of carbonyl (C=O) groups is 1. The molecule has 138 valence electrons. The molecule has 0 aliphatic carbocycles. The maximum absolute atomic E-state index is 12.5. The number of amides is 1. The highest BCUT2D eigenvalue weighted by Gasteiger charge is 2.28. The fourth-order valence-corrected chi connectivity index (χ4v) is 4.68. The van der Waals surface area contributed by atoms with Gasteiger partial charge in [0.05, 0.1) is 13.1 Å². The number of benzene rings is 1.